The molecule has 0 fully saturated rings. The average Bonchev–Trinajstić information content (AvgIpc) is 2.30. The number of aliphatic hydroxyl groups is 1. The van der Waals surface area contributed by atoms with Gasteiger partial charge in [0.2, 0.25) is 5.91 Å². The van der Waals surface area contributed by atoms with E-state index in [1.54, 1.807) is 0 Å². The summed E-state index contributed by atoms with van der Waals surface area (Å²) in [6.07, 6.45) is -0.372. The summed E-state index contributed by atoms with van der Waals surface area (Å²) >= 11 is 0. The highest BCUT2D eigenvalue weighted by molar-refractivity contribution is 5.78. The Bertz CT molecular complexity index is 219. The Morgan fingerprint density at radius 2 is 2.12 bits per heavy atom. The summed E-state index contributed by atoms with van der Waals surface area (Å²) in [6, 6.07) is 0. The lowest BCUT2D eigenvalue weighted by Gasteiger charge is -2.09. The third-order valence-electron chi connectivity index (χ3n) is 1.86. The smallest absolute Gasteiger partial charge is 0.336 e. The van der Waals surface area contributed by atoms with Gasteiger partial charge in [0, 0.05) is 19.6 Å². The first kappa shape index (κ1) is 14.9. The van der Waals surface area contributed by atoms with Gasteiger partial charge in [-0.3, -0.25) is 4.79 Å². The molecule has 0 aliphatic rings. The van der Waals surface area contributed by atoms with E-state index in [1.165, 1.54) is 7.11 Å². The molecule has 0 aromatic heterocycles. The SMILES string of the molecule is CCOCCCC(=O)NCC(O)C(=O)OC. The zero-order chi connectivity index (χ0) is 12.4. The summed E-state index contributed by atoms with van der Waals surface area (Å²) in [4.78, 5) is 22.0. The second-order valence-electron chi connectivity index (χ2n) is 3.14. The molecule has 1 amide bonds. The molecule has 1 atom stereocenters. The van der Waals surface area contributed by atoms with Crippen molar-refractivity contribution >= 4 is 11.9 Å². The maximum atomic E-state index is 11.2. The Kier molecular flexibility index (Phi) is 8.46. The van der Waals surface area contributed by atoms with Gasteiger partial charge >= 0.3 is 5.97 Å². The molecule has 94 valence electrons. The minimum Gasteiger partial charge on any atom is -0.467 e. The molecule has 0 spiro atoms. The van der Waals surface area contributed by atoms with Gasteiger partial charge in [0.05, 0.1) is 13.7 Å². The Morgan fingerprint density at radius 1 is 1.44 bits per heavy atom. The van der Waals surface area contributed by atoms with Crippen molar-refractivity contribution in [3.8, 4) is 0 Å². The fraction of sp³-hybridized carbons (Fsp3) is 0.800. The number of methoxy groups -OCH3 is 1. The van der Waals surface area contributed by atoms with Gasteiger partial charge in [-0.1, -0.05) is 0 Å². The van der Waals surface area contributed by atoms with Crippen LogP contribution in [0.5, 0.6) is 0 Å². The lowest BCUT2D eigenvalue weighted by molar-refractivity contribution is -0.150. The number of carbonyl (C=O) groups excluding carboxylic acids is 2. The van der Waals surface area contributed by atoms with Crippen molar-refractivity contribution in [2.24, 2.45) is 0 Å². The van der Waals surface area contributed by atoms with E-state index >= 15 is 0 Å². The van der Waals surface area contributed by atoms with Crippen molar-refractivity contribution in [3.63, 3.8) is 0 Å². The highest BCUT2D eigenvalue weighted by Crippen LogP contribution is 1.91. The number of aliphatic hydroxyl groups excluding tert-OH is 1. The lowest BCUT2D eigenvalue weighted by Crippen LogP contribution is -2.37. The van der Waals surface area contributed by atoms with Crippen LogP contribution in [0.3, 0.4) is 0 Å². The first-order chi connectivity index (χ1) is 7.61. The summed E-state index contributed by atoms with van der Waals surface area (Å²) in [6.45, 7) is 2.92. The van der Waals surface area contributed by atoms with Crippen LogP contribution >= 0.6 is 0 Å². The third-order valence-corrected chi connectivity index (χ3v) is 1.86. The molecular weight excluding hydrogens is 214 g/mol. The van der Waals surface area contributed by atoms with Crippen molar-refractivity contribution < 1.29 is 24.2 Å². The van der Waals surface area contributed by atoms with Gasteiger partial charge in [0.15, 0.2) is 6.10 Å². The number of ether oxygens (including phenoxy) is 2. The first-order valence-electron chi connectivity index (χ1n) is 5.22. The Morgan fingerprint density at radius 3 is 2.69 bits per heavy atom. The molecule has 1 unspecified atom stereocenters. The van der Waals surface area contributed by atoms with Crippen LogP contribution in [-0.4, -0.2) is 50.0 Å². The Balaban J connectivity index is 3.53. The predicted octanol–water partition coefficient (Wildman–Crippen LogP) is -0.547. The molecule has 0 aromatic carbocycles. The predicted molar refractivity (Wildman–Crippen MR) is 56.8 cm³/mol. The fourth-order valence-electron chi connectivity index (χ4n) is 0.997. The fourth-order valence-corrected chi connectivity index (χ4v) is 0.997. The van der Waals surface area contributed by atoms with Crippen LogP contribution < -0.4 is 5.32 Å². The minimum atomic E-state index is -1.30. The van der Waals surface area contributed by atoms with Gasteiger partial charge in [-0.15, -0.1) is 0 Å². The van der Waals surface area contributed by atoms with Gasteiger partial charge in [-0.2, -0.15) is 0 Å². The molecule has 0 heterocycles. The Labute approximate surface area is 94.9 Å². The van der Waals surface area contributed by atoms with Crippen molar-refractivity contribution in [1.29, 1.82) is 0 Å². The van der Waals surface area contributed by atoms with E-state index in [0.29, 0.717) is 26.1 Å². The van der Waals surface area contributed by atoms with Crippen molar-refractivity contribution in [3.05, 3.63) is 0 Å². The maximum Gasteiger partial charge on any atom is 0.336 e. The second-order valence-corrected chi connectivity index (χ2v) is 3.14. The lowest BCUT2D eigenvalue weighted by atomic mass is 10.3. The molecule has 0 rings (SSSR count). The normalized spacial score (nSPS) is 11.9. The molecular formula is C10H19NO5. The number of amides is 1. The molecule has 0 saturated heterocycles. The molecule has 0 aromatic rings. The summed E-state index contributed by atoms with van der Waals surface area (Å²) in [5, 5.41) is 11.6. The van der Waals surface area contributed by atoms with Gasteiger partial charge < -0.3 is 19.9 Å². The van der Waals surface area contributed by atoms with Crippen LogP contribution in [0.1, 0.15) is 19.8 Å². The number of esters is 1. The van der Waals surface area contributed by atoms with Gasteiger partial charge in [-0.25, -0.2) is 4.79 Å². The molecule has 6 nitrogen and oxygen atoms in total. The van der Waals surface area contributed by atoms with Gasteiger partial charge in [-0.05, 0) is 13.3 Å². The minimum absolute atomic E-state index is 0.125. The molecule has 0 radical (unpaired) electrons. The van der Waals surface area contributed by atoms with Crippen LogP contribution in [-0.2, 0) is 19.1 Å². The summed E-state index contributed by atoms with van der Waals surface area (Å²) < 4.78 is 9.36. The summed E-state index contributed by atoms with van der Waals surface area (Å²) in [7, 11) is 1.18. The van der Waals surface area contributed by atoms with Crippen molar-refractivity contribution in [1.82, 2.24) is 5.32 Å². The van der Waals surface area contributed by atoms with E-state index in [2.05, 4.69) is 10.1 Å². The number of carbonyl (C=O) groups is 2. The van der Waals surface area contributed by atoms with Gasteiger partial charge in [0.1, 0.15) is 0 Å². The molecule has 16 heavy (non-hydrogen) atoms. The standard InChI is InChI=1S/C10H19NO5/c1-3-16-6-4-5-9(13)11-7-8(12)10(14)15-2/h8,12H,3-7H2,1-2H3,(H,11,13). The zero-order valence-electron chi connectivity index (χ0n) is 9.69. The Hall–Kier alpha value is -1.14. The number of rotatable bonds is 8. The maximum absolute atomic E-state index is 11.2. The van der Waals surface area contributed by atoms with Crippen molar-refractivity contribution in [2.45, 2.75) is 25.9 Å². The van der Waals surface area contributed by atoms with Crippen LogP contribution in [0.2, 0.25) is 0 Å². The summed E-state index contributed by atoms with van der Waals surface area (Å²) in [5.74, 6) is -0.975. The number of hydrogen-bond acceptors (Lipinski definition) is 5. The van der Waals surface area contributed by atoms with Crippen LogP contribution in [0.15, 0.2) is 0 Å². The molecule has 6 heteroatoms. The highest BCUT2D eigenvalue weighted by Gasteiger charge is 2.15. The third kappa shape index (κ3) is 7.19. The number of hydrogen-bond donors (Lipinski definition) is 2. The van der Waals surface area contributed by atoms with E-state index in [1.807, 2.05) is 6.92 Å². The van der Waals surface area contributed by atoms with E-state index in [4.69, 9.17) is 9.84 Å². The molecule has 0 saturated carbocycles. The zero-order valence-corrected chi connectivity index (χ0v) is 9.69. The highest BCUT2D eigenvalue weighted by atomic mass is 16.5. The van der Waals surface area contributed by atoms with Crippen molar-refractivity contribution in [2.75, 3.05) is 26.9 Å². The van der Waals surface area contributed by atoms with E-state index in [-0.39, 0.29) is 12.5 Å². The largest absolute Gasteiger partial charge is 0.467 e. The summed E-state index contributed by atoms with van der Waals surface area (Å²) in [5.41, 5.74) is 0. The average molecular weight is 233 g/mol. The molecule has 2 N–H and O–H groups in total. The van der Waals surface area contributed by atoms with Gasteiger partial charge in [0.25, 0.3) is 0 Å². The quantitative estimate of drug-likeness (QED) is 0.434. The number of nitrogens with one attached hydrogen (secondary N) is 1. The first-order valence-corrected chi connectivity index (χ1v) is 5.22. The molecule has 0 aliphatic carbocycles. The second kappa shape index (κ2) is 9.11. The van der Waals surface area contributed by atoms with Crippen LogP contribution in [0, 0.1) is 0 Å². The van der Waals surface area contributed by atoms with Crippen LogP contribution in [0.25, 0.3) is 0 Å². The van der Waals surface area contributed by atoms with Crippen LogP contribution in [0.4, 0.5) is 0 Å². The molecule has 0 bridgehead atoms. The van der Waals surface area contributed by atoms with E-state index in [0.717, 1.165) is 0 Å². The monoisotopic (exact) mass is 233 g/mol. The van der Waals surface area contributed by atoms with E-state index in [9.17, 15) is 9.59 Å². The molecule has 0 aliphatic heterocycles. The topological polar surface area (TPSA) is 84.9 Å². The van der Waals surface area contributed by atoms with E-state index < -0.39 is 12.1 Å².